The monoisotopic (exact) mass is 340 g/mol. The number of aromatic nitrogens is 2. The van der Waals surface area contributed by atoms with Crippen LogP contribution in [-0.2, 0) is 17.8 Å². The molecule has 4 rings (SSSR count). The Labute approximate surface area is 148 Å². The number of amides is 1. The molecule has 2 aromatic rings. The van der Waals surface area contributed by atoms with E-state index < -0.39 is 0 Å². The smallest absolute Gasteiger partial charge is 0.245 e. The zero-order valence-electron chi connectivity index (χ0n) is 14.6. The van der Waals surface area contributed by atoms with E-state index in [9.17, 15) is 4.79 Å². The van der Waals surface area contributed by atoms with E-state index >= 15 is 0 Å². The lowest BCUT2D eigenvalue weighted by molar-refractivity contribution is -0.136. The van der Waals surface area contributed by atoms with Crippen LogP contribution >= 0.6 is 0 Å². The molecule has 0 spiro atoms. The van der Waals surface area contributed by atoms with Crippen LogP contribution in [0.25, 0.3) is 0 Å². The summed E-state index contributed by atoms with van der Waals surface area (Å²) in [6.45, 7) is 7.06. The topological polar surface area (TPSA) is 50.6 Å². The van der Waals surface area contributed by atoms with Gasteiger partial charge in [-0.25, -0.2) is 4.98 Å². The Balaban J connectivity index is 1.31. The number of rotatable bonds is 4. The number of nitrogens with zero attached hydrogens (tertiary/aromatic N) is 4. The number of hydrogen-bond donors (Lipinski definition) is 0. The van der Waals surface area contributed by atoms with Gasteiger partial charge in [0.1, 0.15) is 11.8 Å². The molecule has 2 aliphatic heterocycles. The number of piperazine rings is 1. The maximum atomic E-state index is 12.6. The van der Waals surface area contributed by atoms with Crippen LogP contribution in [0.2, 0.25) is 0 Å². The number of carbonyl (C=O) groups is 1. The third-order valence-corrected chi connectivity index (χ3v) is 5.17. The Morgan fingerprint density at radius 3 is 2.88 bits per heavy atom. The van der Waals surface area contributed by atoms with Crippen molar-refractivity contribution in [2.75, 3.05) is 32.8 Å². The molecule has 1 saturated heterocycles. The molecule has 1 atom stereocenters. The van der Waals surface area contributed by atoms with Crippen LogP contribution in [0.1, 0.15) is 24.1 Å². The van der Waals surface area contributed by atoms with E-state index in [1.54, 1.807) is 12.5 Å². The highest BCUT2D eigenvalue weighted by Crippen LogP contribution is 2.26. The molecule has 1 unspecified atom stereocenters. The van der Waals surface area contributed by atoms with Gasteiger partial charge < -0.3 is 14.2 Å². The van der Waals surface area contributed by atoms with Crippen LogP contribution in [0.5, 0.6) is 5.75 Å². The minimum absolute atomic E-state index is 0.173. The first-order valence-corrected chi connectivity index (χ1v) is 8.94. The van der Waals surface area contributed by atoms with E-state index in [0.717, 1.165) is 51.5 Å². The Morgan fingerprint density at radius 1 is 1.28 bits per heavy atom. The van der Waals surface area contributed by atoms with E-state index in [-0.39, 0.29) is 11.9 Å². The average Bonchev–Trinajstić information content (AvgIpc) is 3.32. The van der Waals surface area contributed by atoms with Gasteiger partial charge in [-0.05, 0) is 24.1 Å². The fraction of sp³-hybridized carbons (Fsp3) is 0.474. The highest BCUT2D eigenvalue weighted by atomic mass is 16.5. The first kappa shape index (κ1) is 16.1. The summed E-state index contributed by atoms with van der Waals surface area (Å²) in [5, 5.41) is 0. The molecule has 0 bridgehead atoms. The summed E-state index contributed by atoms with van der Waals surface area (Å²) < 4.78 is 7.44. The first-order valence-electron chi connectivity index (χ1n) is 8.94. The fourth-order valence-electron chi connectivity index (χ4n) is 3.61. The summed E-state index contributed by atoms with van der Waals surface area (Å²) >= 11 is 0. The maximum Gasteiger partial charge on any atom is 0.245 e. The lowest BCUT2D eigenvalue weighted by atomic mass is 10.1. The van der Waals surface area contributed by atoms with Gasteiger partial charge in [-0.2, -0.15) is 0 Å². The van der Waals surface area contributed by atoms with Crippen LogP contribution in [0.3, 0.4) is 0 Å². The predicted octanol–water partition coefficient (Wildman–Crippen LogP) is 1.72. The molecule has 132 valence electrons. The van der Waals surface area contributed by atoms with Crippen molar-refractivity contribution in [2.24, 2.45) is 0 Å². The zero-order chi connectivity index (χ0) is 17.2. The predicted molar refractivity (Wildman–Crippen MR) is 94.4 cm³/mol. The highest BCUT2D eigenvalue weighted by Gasteiger charge is 2.25. The molecule has 0 N–H and O–H groups in total. The van der Waals surface area contributed by atoms with E-state index in [0.29, 0.717) is 0 Å². The van der Waals surface area contributed by atoms with Crippen molar-refractivity contribution in [1.82, 2.24) is 19.4 Å². The molecule has 1 aromatic heterocycles. The molecule has 1 amide bonds. The van der Waals surface area contributed by atoms with Crippen molar-refractivity contribution >= 4 is 5.91 Å². The quantitative estimate of drug-likeness (QED) is 0.850. The minimum atomic E-state index is -0.189. The van der Waals surface area contributed by atoms with E-state index in [2.05, 4.69) is 28.1 Å². The molecule has 0 saturated carbocycles. The molecule has 3 heterocycles. The van der Waals surface area contributed by atoms with Crippen LogP contribution in [-0.4, -0.2) is 58.0 Å². The molecule has 6 nitrogen and oxygen atoms in total. The van der Waals surface area contributed by atoms with Crippen LogP contribution < -0.4 is 4.74 Å². The van der Waals surface area contributed by atoms with Crippen molar-refractivity contribution in [2.45, 2.75) is 25.9 Å². The third kappa shape index (κ3) is 3.39. The second-order valence-electron chi connectivity index (χ2n) is 6.83. The van der Waals surface area contributed by atoms with Crippen LogP contribution in [0.4, 0.5) is 0 Å². The standard InChI is InChI=1S/C19H24N4O2/c1-15(23-6-5-20-14-23)19(24)22-9-7-21(8-10-22)13-16-2-3-18-17(12-16)4-11-25-18/h2-3,5-6,12,14-15H,4,7-11,13H2,1H3. The molecule has 0 radical (unpaired) electrons. The van der Waals surface area contributed by atoms with E-state index in [1.807, 2.05) is 22.6 Å². The number of fused-ring (bicyclic) bond motifs is 1. The van der Waals surface area contributed by atoms with Gasteiger partial charge in [0.15, 0.2) is 0 Å². The zero-order valence-corrected chi connectivity index (χ0v) is 14.6. The number of carbonyl (C=O) groups excluding carboxylic acids is 1. The van der Waals surface area contributed by atoms with E-state index in [1.165, 1.54) is 11.1 Å². The minimum Gasteiger partial charge on any atom is -0.493 e. The van der Waals surface area contributed by atoms with Crippen molar-refractivity contribution in [3.8, 4) is 5.75 Å². The second kappa shape index (κ2) is 6.88. The van der Waals surface area contributed by atoms with Gasteiger partial charge in [0.2, 0.25) is 5.91 Å². The number of imidazole rings is 1. The lowest BCUT2D eigenvalue weighted by Gasteiger charge is -2.36. The molecular formula is C19H24N4O2. The lowest BCUT2D eigenvalue weighted by Crippen LogP contribution is -2.49. The summed E-state index contributed by atoms with van der Waals surface area (Å²) in [5.74, 6) is 1.21. The molecule has 1 aromatic carbocycles. The third-order valence-electron chi connectivity index (χ3n) is 5.17. The van der Waals surface area contributed by atoms with Gasteiger partial charge in [-0.3, -0.25) is 9.69 Å². The number of benzene rings is 1. The van der Waals surface area contributed by atoms with Crippen molar-refractivity contribution < 1.29 is 9.53 Å². The van der Waals surface area contributed by atoms with Gasteiger partial charge in [0, 0.05) is 51.5 Å². The van der Waals surface area contributed by atoms with Crippen molar-refractivity contribution in [1.29, 1.82) is 0 Å². The Morgan fingerprint density at radius 2 is 2.12 bits per heavy atom. The second-order valence-corrected chi connectivity index (χ2v) is 6.83. The van der Waals surface area contributed by atoms with Gasteiger partial charge in [-0.1, -0.05) is 12.1 Å². The summed E-state index contributed by atoms with van der Waals surface area (Å²) in [6.07, 6.45) is 6.27. The highest BCUT2D eigenvalue weighted by molar-refractivity contribution is 5.80. The van der Waals surface area contributed by atoms with Gasteiger partial charge >= 0.3 is 0 Å². The average molecular weight is 340 g/mol. The number of hydrogen-bond acceptors (Lipinski definition) is 4. The first-order chi connectivity index (χ1) is 12.2. The molecule has 1 fully saturated rings. The largest absolute Gasteiger partial charge is 0.493 e. The number of ether oxygens (including phenoxy) is 1. The maximum absolute atomic E-state index is 12.6. The summed E-state index contributed by atoms with van der Waals surface area (Å²) in [4.78, 5) is 21.1. The molecular weight excluding hydrogens is 316 g/mol. The van der Waals surface area contributed by atoms with Gasteiger partial charge in [-0.15, -0.1) is 0 Å². The Bertz CT molecular complexity index is 736. The van der Waals surface area contributed by atoms with Crippen molar-refractivity contribution in [3.63, 3.8) is 0 Å². The summed E-state index contributed by atoms with van der Waals surface area (Å²) in [7, 11) is 0. The Kier molecular flexibility index (Phi) is 4.44. The van der Waals surface area contributed by atoms with Crippen LogP contribution in [0, 0.1) is 0 Å². The normalized spacial score (nSPS) is 18.7. The fourth-order valence-corrected chi connectivity index (χ4v) is 3.61. The summed E-state index contributed by atoms with van der Waals surface area (Å²) in [5.41, 5.74) is 2.65. The summed E-state index contributed by atoms with van der Waals surface area (Å²) in [6, 6.07) is 6.32. The molecule has 0 aliphatic carbocycles. The van der Waals surface area contributed by atoms with E-state index in [4.69, 9.17) is 4.74 Å². The molecule has 6 heteroatoms. The SMILES string of the molecule is CC(C(=O)N1CCN(Cc2ccc3c(c2)CCO3)CC1)n1ccnc1. The van der Waals surface area contributed by atoms with Crippen LogP contribution in [0.15, 0.2) is 36.9 Å². The molecule has 2 aliphatic rings. The van der Waals surface area contributed by atoms with Gasteiger partial charge in [0.05, 0.1) is 12.9 Å². The van der Waals surface area contributed by atoms with Crippen molar-refractivity contribution in [3.05, 3.63) is 48.0 Å². The van der Waals surface area contributed by atoms with Gasteiger partial charge in [0.25, 0.3) is 0 Å². The molecule has 25 heavy (non-hydrogen) atoms. The Hall–Kier alpha value is -2.34.